The molecule has 0 saturated carbocycles. The van der Waals surface area contributed by atoms with E-state index in [-0.39, 0.29) is 6.04 Å². The topological polar surface area (TPSA) is 35.2 Å². The fraction of sp³-hybridized carbons (Fsp3) is 0.273. The molecule has 0 bridgehead atoms. The maximum atomic E-state index is 5.84. The van der Waals surface area contributed by atoms with Gasteiger partial charge >= 0.3 is 0 Å². The Balaban J connectivity index is 2.64. The molecule has 0 spiro atoms. The number of hydrogen-bond donors (Lipinski definition) is 1. The lowest BCUT2D eigenvalue weighted by atomic mass is 10.1. The average molecular weight is 256 g/mol. The first-order chi connectivity index (χ1) is 6.63. The van der Waals surface area contributed by atoms with Crippen LogP contribution in [0.15, 0.2) is 35.3 Å². The zero-order valence-corrected chi connectivity index (χ0v) is 9.75. The first-order valence-electron chi connectivity index (χ1n) is 4.36. The van der Waals surface area contributed by atoms with Gasteiger partial charge in [0.05, 0.1) is 7.11 Å². The van der Waals surface area contributed by atoms with E-state index in [9.17, 15) is 0 Å². The van der Waals surface area contributed by atoms with Gasteiger partial charge in [-0.3, -0.25) is 0 Å². The van der Waals surface area contributed by atoms with Crippen LogP contribution in [0.4, 0.5) is 0 Å². The van der Waals surface area contributed by atoms with Gasteiger partial charge in [-0.05, 0) is 24.1 Å². The highest BCUT2D eigenvalue weighted by Crippen LogP contribution is 2.15. The highest BCUT2D eigenvalue weighted by molar-refractivity contribution is 9.11. The van der Waals surface area contributed by atoms with Gasteiger partial charge in [-0.25, -0.2) is 0 Å². The van der Waals surface area contributed by atoms with Gasteiger partial charge in [-0.1, -0.05) is 34.6 Å². The predicted octanol–water partition coefficient (Wildman–Crippen LogP) is 2.47. The van der Waals surface area contributed by atoms with Gasteiger partial charge in [0.1, 0.15) is 5.75 Å². The van der Waals surface area contributed by atoms with Crippen LogP contribution in [-0.2, 0) is 6.42 Å². The molecule has 0 aliphatic carbocycles. The minimum absolute atomic E-state index is 0.0385. The molecule has 0 saturated heterocycles. The van der Waals surface area contributed by atoms with Gasteiger partial charge in [-0.15, -0.1) is 0 Å². The van der Waals surface area contributed by atoms with E-state index in [1.54, 1.807) is 7.11 Å². The van der Waals surface area contributed by atoms with Crippen molar-refractivity contribution in [1.82, 2.24) is 0 Å². The Hall–Kier alpha value is -0.800. The summed E-state index contributed by atoms with van der Waals surface area (Å²) in [6.45, 7) is 3.75. The molecule has 1 aromatic rings. The molecule has 0 radical (unpaired) electrons. The quantitative estimate of drug-likeness (QED) is 0.898. The molecule has 0 aliphatic heterocycles. The predicted molar refractivity (Wildman–Crippen MR) is 62.7 cm³/mol. The number of rotatable bonds is 4. The van der Waals surface area contributed by atoms with Crippen molar-refractivity contribution >= 4 is 15.9 Å². The zero-order valence-electron chi connectivity index (χ0n) is 8.16. The van der Waals surface area contributed by atoms with E-state index < -0.39 is 0 Å². The van der Waals surface area contributed by atoms with E-state index in [0.717, 1.165) is 16.7 Å². The number of halogens is 1. The Morgan fingerprint density at radius 1 is 1.50 bits per heavy atom. The first kappa shape index (κ1) is 11.3. The number of benzene rings is 1. The third-order valence-electron chi connectivity index (χ3n) is 2.02. The number of nitrogens with two attached hydrogens (primary N) is 1. The van der Waals surface area contributed by atoms with Gasteiger partial charge in [0.15, 0.2) is 0 Å². The molecule has 0 heterocycles. The summed E-state index contributed by atoms with van der Waals surface area (Å²) in [6, 6.07) is 7.84. The Labute approximate surface area is 92.9 Å². The van der Waals surface area contributed by atoms with Crippen LogP contribution in [0.2, 0.25) is 0 Å². The van der Waals surface area contributed by atoms with Gasteiger partial charge in [-0.2, -0.15) is 0 Å². The molecule has 1 rings (SSSR count). The number of ether oxygens (including phenoxy) is 1. The standard InChI is InChI=1S/C11H14BrNO/c1-8(12)11(13)7-9-3-5-10(14-2)6-4-9/h3-6,11H,1,7,13H2,2H3/t11-/m0/s1. The van der Waals surface area contributed by atoms with E-state index in [1.165, 1.54) is 5.56 Å². The molecule has 14 heavy (non-hydrogen) atoms. The summed E-state index contributed by atoms with van der Waals surface area (Å²) in [4.78, 5) is 0. The highest BCUT2D eigenvalue weighted by Gasteiger charge is 2.05. The van der Waals surface area contributed by atoms with Crippen LogP contribution in [0, 0.1) is 0 Å². The minimum atomic E-state index is -0.0385. The van der Waals surface area contributed by atoms with Crippen LogP contribution < -0.4 is 10.5 Å². The molecule has 3 heteroatoms. The largest absolute Gasteiger partial charge is 0.497 e. The normalized spacial score (nSPS) is 12.2. The van der Waals surface area contributed by atoms with Crippen molar-refractivity contribution in [3.63, 3.8) is 0 Å². The fourth-order valence-corrected chi connectivity index (χ4v) is 1.29. The number of methoxy groups -OCH3 is 1. The summed E-state index contributed by atoms with van der Waals surface area (Å²) in [5.74, 6) is 0.861. The van der Waals surface area contributed by atoms with E-state index in [1.807, 2.05) is 24.3 Å². The van der Waals surface area contributed by atoms with Crippen LogP contribution in [0.1, 0.15) is 5.56 Å². The minimum Gasteiger partial charge on any atom is -0.497 e. The summed E-state index contributed by atoms with van der Waals surface area (Å²) in [5.41, 5.74) is 7.02. The monoisotopic (exact) mass is 255 g/mol. The Morgan fingerprint density at radius 2 is 2.07 bits per heavy atom. The third-order valence-corrected chi connectivity index (χ3v) is 2.61. The second-order valence-electron chi connectivity index (χ2n) is 3.11. The summed E-state index contributed by atoms with van der Waals surface area (Å²) in [7, 11) is 1.65. The van der Waals surface area contributed by atoms with Crippen molar-refractivity contribution in [2.45, 2.75) is 12.5 Å². The molecular formula is C11H14BrNO. The average Bonchev–Trinajstić information content (AvgIpc) is 2.19. The molecule has 1 aromatic carbocycles. The SMILES string of the molecule is C=C(Br)[C@@H](N)Cc1ccc(OC)cc1. The maximum Gasteiger partial charge on any atom is 0.118 e. The van der Waals surface area contributed by atoms with Crippen molar-refractivity contribution < 1.29 is 4.74 Å². The van der Waals surface area contributed by atoms with Crippen molar-refractivity contribution in [1.29, 1.82) is 0 Å². The van der Waals surface area contributed by atoms with Gasteiger partial charge in [0.2, 0.25) is 0 Å². The van der Waals surface area contributed by atoms with Crippen LogP contribution >= 0.6 is 15.9 Å². The third kappa shape index (κ3) is 3.16. The molecule has 0 unspecified atom stereocenters. The van der Waals surface area contributed by atoms with Crippen LogP contribution in [0.25, 0.3) is 0 Å². The molecule has 0 amide bonds. The fourth-order valence-electron chi connectivity index (χ4n) is 1.13. The van der Waals surface area contributed by atoms with Gasteiger partial charge in [0, 0.05) is 10.5 Å². The van der Waals surface area contributed by atoms with Crippen molar-refractivity contribution in [3.05, 3.63) is 40.9 Å². The Kier molecular flexibility index (Phi) is 4.17. The lowest BCUT2D eigenvalue weighted by Crippen LogP contribution is -2.22. The van der Waals surface area contributed by atoms with Gasteiger partial charge < -0.3 is 10.5 Å². The molecule has 1 atom stereocenters. The summed E-state index contributed by atoms with van der Waals surface area (Å²) in [5, 5.41) is 0. The zero-order chi connectivity index (χ0) is 10.6. The molecule has 0 fully saturated rings. The lowest BCUT2D eigenvalue weighted by Gasteiger charge is -2.10. The van der Waals surface area contributed by atoms with E-state index in [2.05, 4.69) is 22.5 Å². The molecule has 76 valence electrons. The molecule has 0 aromatic heterocycles. The summed E-state index contributed by atoms with van der Waals surface area (Å²) in [6.07, 6.45) is 0.786. The molecule has 0 aliphatic rings. The van der Waals surface area contributed by atoms with Crippen LogP contribution in [0.3, 0.4) is 0 Å². The molecular weight excluding hydrogens is 242 g/mol. The molecule has 2 nitrogen and oxygen atoms in total. The summed E-state index contributed by atoms with van der Waals surface area (Å²) < 4.78 is 5.89. The lowest BCUT2D eigenvalue weighted by molar-refractivity contribution is 0.414. The highest BCUT2D eigenvalue weighted by atomic mass is 79.9. The smallest absolute Gasteiger partial charge is 0.118 e. The second-order valence-corrected chi connectivity index (χ2v) is 4.12. The summed E-state index contributed by atoms with van der Waals surface area (Å²) >= 11 is 3.28. The first-order valence-corrected chi connectivity index (χ1v) is 5.15. The van der Waals surface area contributed by atoms with Crippen molar-refractivity contribution in [2.75, 3.05) is 7.11 Å². The van der Waals surface area contributed by atoms with Crippen LogP contribution in [-0.4, -0.2) is 13.2 Å². The van der Waals surface area contributed by atoms with Crippen molar-refractivity contribution in [3.8, 4) is 5.75 Å². The van der Waals surface area contributed by atoms with Gasteiger partial charge in [0.25, 0.3) is 0 Å². The second kappa shape index (κ2) is 5.17. The molecule has 2 N–H and O–H groups in total. The Morgan fingerprint density at radius 3 is 2.50 bits per heavy atom. The van der Waals surface area contributed by atoms with Crippen molar-refractivity contribution in [2.24, 2.45) is 5.73 Å². The van der Waals surface area contributed by atoms with E-state index in [0.29, 0.717) is 0 Å². The van der Waals surface area contributed by atoms with Crippen LogP contribution in [0.5, 0.6) is 5.75 Å². The maximum absolute atomic E-state index is 5.84. The number of hydrogen-bond acceptors (Lipinski definition) is 2. The Bertz CT molecular complexity index is 308. The van der Waals surface area contributed by atoms with E-state index >= 15 is 0 Å². The van der Waals surface area contributed by atoms with E-state index in [4.69, 9.17) is 10.5 Å².